The number of nitrogens with two attached hydrogens (primary N) is 1. The first kappa shape index (κ1) is 18.7. The molecule has 3 aliphatic rings. The molecule has 1 atom stereocenters. The Labute approximate surface area is 163 Å². The maximum absolute atomic E-state index is 12.8. The number of nitrogens with zero attached hydrogens (tertiary/aromatic N) is 3. The average molecular weight is 393 g/mol. The van der Waals surface area contributed by atoms with Gasteiger partial charge in [0.1, 0.15) is 4.88 Å². The van der Waals surface area contributed by atoms with Crippen LogP contribution in [0.4, 0.5) is 5.13 Å². The van der Waals surface area contributed by atoms with Crippen molar-refractivity contribution in [3.05, 3.63) is 10.6 Å². The minimum atomic E-state index is 0.0413. The van der Waals surface area contributed by atoms with Gasteiger partial charge in [-0.25, -0.2) is 4.98 Å². The van der Waals surface area contributed by atoms with Crippen LogP contribution < -0.4 is 5.73 Å². The van der Waals surface area contributed by atoms with Gasteiger partial charge >= 0.3 is 0 Å². The molecule has 0 aromatic carbocycles. The lowest BCUT2D eigenvalue weighted by Crippen LogP contribution is -2.53. The van der Waals surface area contributed by atoms with E-state index in [2.05, 4.69) is 4.98 Å². The molecule has 2 N–H and O–H groups in total. The first-order chi connectivity index (χ1) is 13.0. The molecule has 0 radical (unpaired) electrons. The van der Waals surface area contributed by atoms with Crippen LogP contribution in [0.5, 0.6) is 0 Å². The smallest absolute Gasteiger partial charge is 0.265 e. The molecule has 8 heteroatoms. The number of anilines is 1. The molecule has 4 rings (SSSR count). The summed E-state index contributed by atoms with van der Waals surface area (Å²) < 4.78 is 5.73. The topological polar surface area (TPSA) is 88.8 Å². The van der Waals surface area contributed by atoms with Gasteiger partial charge < -0.3 is 20.3 Å². The minimum Gasteiger partial charge on any atom is -0.376 e. The second-order valence-corrected chi connectivity index (χ2v) is 9.20. The van der Waals surface area contributed by atoms with E-state index < -0.39 is 0 Å². The Morgan fingerprint density at radius 1 is 1.37 bits per heavy atom. The largest absolute Gasteiger partial charge is 0.376 e. The van der Waals surface area contributed by atoms with E-state index in [0.717, 1.165) is 64.9 Å². The van der Waals surface area contributed by atoms with Crippen molar-refractivity contribution in [2.24, 2.45) is 5.41 Å². The molecule has 3 saturated heterocycles. The van der Waals surface area contributed by atoms with Gasteiger partial charge in [-0.3, -0.25) is 9.59 Å². The van der Waals surface area contributed by atoms with Gasteiger partial charge in [0.25, 0.3) is 5.91 Å². The summed E-state index contributed by atoms with van der Waals surface area (Å²) in [6, 6.07) is 0. The second kappa shape index (κ2) is 7.39. The molecule has 1 aromatic rings. The van der Waals surface area contributed by atoms with Crippen molar-refractivity contribution in [3.63, 3.8) is 0 Å². The van der Waals surface area contributed by atoms with Crippen LogP contribution in [0.1, 0.15) is 53.9 Å². The molecule has 0 aliphatic carbocycles. The maximum Gasteiger partial charge on any atom is 0.265 e. The fraction of sp³-hybridized carbons (Fsp3) is 0.737. The first-order valence-electron chi connectivity index (χ1n) is 9.87. The summed E-state index contributed by atoms with van der Waals surface area (Å²) in [6.07, 6.45) is 5.79. The van der Waals surface area contributed by atoms with E-state index in [1.165, 1.54) is 11.3 Å². The number of thiazole rings is 1. The monoisotopic (exact) mass is 392 g/mol. The van der Waals surface area contributed by atoms with Crippen LogP contribution in [0, 0.1) is 12.3 Å². The third-order valence-corrected chi connectivity index (χ3v) is 7.29. The van der Waals surface area contributed by atoms with Gasteiger partial charge in [-0.2, -0.15) is 0 Å². The van der Waals surface area contributed by atoms with Crippen LogP contribution in [-0.4, -0.2) is 65.5 Å². The van der Waals surface area contributed by atoms with E-state index >= 15 is 0 Å². The van der Waals surface area contributed by atoms with E-state index in [-0.39, 0.29) is 23.3 Å². The SMILES string of the molecule is Cc1nc(N)sc1C(=O)N1CCC2(CCC(=O)N(CC3CCCO3)C2)CC1. The fourth-order valence-electron chi connectivity index (χ4n) is 4.65. The molecule has 0 saturated carbocycles. The van der Waals surface area contributed by atoms with Crippen molar-refractivity contribution < 1.29 is 14.3 Å². The van der Waals surface area contributed by atoms with Gasteiger partial charge in [0.2, 0.25) is 5.91 Å². The van der Waals surface area contributed by atoms with Crippen molar-refractivity contribution in [1.82, 2.24) is 14.8 Å². The van der Waals surface area contributed by atoms with Crippen LogP contribution >= 0.6 is 11.3 Å². The van der Waals surface area contributed by atoms with E-state index in [4.69, 9.17) is 10.5 Å². The molecular formula is C19H28N4O3S. The number of aryl methyl sites for hydroxylation is 1. The first-order valence-corrected chi connectivity index (χ1v) is 10.7. The predicted octanol–water partition coefficient (Wildman–Crippen LogP) is 2.06. The normalized spacial score (nSPS) is 25.4. The second-order valence-electron chi connectivity index (χ2n) is 8.17. The van der Waals surface area contributed by atoms with Gasteiger partial charge in [-0.1, -0.05) is 11.3 Å². The van der Waals surface area contributed by atoms with Crippen molar-refractivity contribution >= 4 is 28.3 Å². The Bertz CT molecular complexity index is 721. The van der Waals surface area contributed by atoms with Crippen LogP contribution in [0.2, 0.25) is 0 Å². The Kier molecular flexibility index (Phi) is 5.11. The molecule has 1 unspecified atom stereocenters. The molecule has 2 amide bonds. The molecule has 4 heterocycles. The van der Waals surface area contributed by atoms with Crippen molar-refractivity contribution in [2.45, 2.75) is 51.6 Å². The van der Waals surface area contributed by atoms with E-state index in [0.29, 0.717) is 22.1 Å². The number of piperidine rings is 2. The van der Waals surface area contributed by atoms with Gasteiger partial charge in [0.05, 0.1) is 11.8 Å². The number of hydrogen-bond acceptors (Lipinski definition) is 6. The molecule has 27 heavy (non-hydrogen) atoms. The lowest BCUT2D eigenvalue weighted by Gasteiger charge is -2.47. The molecule has 3 aliphatic heterocycles. The zero-order chi connectivity index (χ0) is 19.0. The number of nitrogen functional groups attached to an aromatic ring is 1. The predicted molar refractivity (Wildman–Crippen MR) is 104 cm³/mol. The number of ether oxygens (including phenoxy) is 1. The Hall–Kier alpha value is -1.67. The Morgan fingerprint density at radius 2 is 2.15 bits per heavy atom. The van der Waals surface area contributed by atoms with Crippen molar-refractivity contribution in [1.29, 1.82) is 0 Å². The molecule has 7 nitrogen and oxygen atoms in total. The quantitative estimate of drug-likeness (QED) is 0.850. The number of carbonyl (C=O) groups is 2. The van der Waals surface area contributed by atoms with Gasteiger partial charge in [0.15, 0.2) is 5.13 Å². The average Bonchev–Trinajstić information content (AvgIpc) is 3.28. The molecular weight excluding hydrogens is 364 g/mol. The maximum atomic E-state index is 12.8. The molecule has 1 aromatic heterocycles. The van der Waals surface area contributed by atoms with Crippen LogP contribution in [0.3, 0.4) is 0 Å². The number of amides is 2. The summed E-state index contributed by atoms with van der Waals surface area (Å²) in [5.41, 5.74) is 6.60. The van der Waals surface area contributed by atoms with E-state index in [1.54, 1.807) is 0 Å². The highest BCUT2D eigenvalue weighted by atomic mass is 32.1. The zero-order valence-electron chi connectivity index (χ0n) is 15.9. The highest BCUT2D eigenvalue weighted by molar-refractivity contribution is 7.17. The zero-order valence-corrected chi connectivity index (χ0v) is 16.7. The number of hydrogen-bond donors (Lipinski definition) is 1. The number of likely N-dealkylation sites (tertiary alicyclic amines) is 2. The number of carbonyl (C=O) groups excluding carboxylic acids is 2. The van der Waals surface area contributed by atoms with E-state index in [1.807, 2.05) is 16.7 Å². The fourth-order valence-corrected chi connectivity index (χ4v) is 5.46. The van der Waals surface area contributed by atoms with Crippen molar-refractivity contribution in [2.75, 3.05) is 38.5 Å². The summed E-state index contributed by atoms with van der Waals surface area (Å²) >= 11 is 1.27. The summed E-state index contributed by atoms with van der Waals surface area (Å²) in [5, 5.41) is 0.444. The van der Waals surface area contributed by atoms with Gasteiger partial charge in [0, 0.05) is 39.2 Å². The molecule has 1 spiro atoms. The lowest BCUT2D eigenvalue weighted by atomic mass is 9.72. The Morgan fingerprint density at radius 3 is 2.78 bits per heavy atom. The molecule has 0 bridgehead atoms. The van der Waals surface area contributed by atoms with Gasteiger partial charge in [-0.15, -0.1) is 0 Å². The molecule has 3 fully saturated rings. The Balaban J connectivity index is 1.37. The third-order valence-electron chi connectivity index (χ3n) is 6.31. The minimum absolute atomic E-state index is 0.0413. The lowest BCUT2D eigenvalue weighted by molar-refractivity contribution is -0.141. The number of aromatic nitrogens is 1. The standard InChI is InChI=1S/C19H28N4O3S/c1-13-16(27-18(20)21-13)17(25)22-8-6-19(7-9-22)5-4-15(24)23(12-19)11-14-3-2-10-26-14/h14H,2-12H2,1H3,(H2,20,21). The van der Waals surface area contributed by atoms with Crippen LogP contribution in [0.15, 0.2) is 0 Å². The highest BCUT2D eigenvalue weighted by Gasteiger charge is 2.42. The van der Waals surface area contributed by atoms with Crippen LogP contribution in [-0.2, 0) is 9.53 Å². The number of rotatable bonds is 3. The van der Waals surface area contributed by atoms with Crippen LogP contribution in [0.25, 0.3) is 0 Å². The summed E-state index contributed by atoms with van der Waals surface area (Å²) in [5.74, 6) is 0.296. The summed E-state index contributed by atoms with van der Waals surface area (Å²) in [4.78, 5) is 34.0. The highest BCUT2D eigenvalue weighted by Crippen LogP contribution is 2.41. The van der Waals surface area contributed by atoms with E-state index in [9.17, 15) is 9.59 Å². The third kappa shape index (κ3) is 3.82. The summed E-state index contributed by atoms with van der Waals surface area (Å²) in [6.45, 7) is 5.65. The molecule has 148 valence electrons. The van der Waals surface area contributed by atoms with Gasteiger partial charge in [-0.05, 0) is 44.4 Å². The van der Waals surface area contributed by atoms with Crippen molar-refractivity contribution in [3.8, 4) is 0 Å². The summed E-state index contributed by atoms with van der Waals surface area (Å²) in [7, 11) is 0.